The van der Waals surface area contributed by atoms with Gasteiger partial charge in [0.05, 0.1) is 7.11 Å². The standard InChI is InChI=1S/C14H14O5/c1-4-7-18-12(15)14(2)10-6-5-9(17-3)8-11(10)19-13(14)16/h4-6,8H,1,7H2,2-3H3/t14-/m0/s1. The van der Waals surface area contributed by atoms with Gasteiger partial charge in [0.25, 0.3) is 0 Å². The van der Waals surface area contributed by atoms with Gasteiger partial charge in [-0.3, -0.25) is 9.59 Å². The number of methoxy groups -OCH3 is 1. The van der Waals surface area contributed by atoms with Crippen LogP contribution in [0, 0.1) is 0 Å². The predicted molar refractivity (Wildman–Crippen MR) is 67.1 cm³/mol. The van der Waals surface area contributed by atoms with Gasteiger partial charge in [0.2, 0.25) is 0 Å². The number of carbonyl (C=O) groups excluding carboxylic acids is 2. The Morgan fingerprint density at radius 3 is 2.89 bits per heavy atom. The molecule has 0 spiro atoms. The van der Waals surface area contributed by atoms with Gasteiger partial charge in [0, 0.05) is 11.6 Å². The second kappa shape index (κ2) is 4.76. The van der Waals surface area contributed by atoms with Crippen LogP contribution in [0.3, 0.4) is 0 Å². The first kappa shape index (κ1) is 13.1. The molecule has 1 aromatic carbocycles. The van der Waals surface area contributed by atoms with Crippen molar-refractivity contribution < 1.29 is 23.8 Å². The molecule has 0 fully saturated rings. The Balaban J connectivity index is 2.41. The summed E-state index contributed by atoms with van der Waals surface area (Å²) in [7, 11) is 1.51. The van der Waals surface area contributed by atoms with Crippen LogP contribution in [0.5, 0.6) is 11.5 Å². The van der Waals surface area contributed by atoms with E-state index < -0.39 is 17.4 Å². The van der Waals surface area contributed by atoms with Crippen molar-refractivity contribution in [2.45, 2.75) is 12.3 Å². The molecule has 1 aliphatic heterocycles. The largest absolute Gasteiger partial charge is 0.497 e. The Labute approximate surface area is 110 Å². The van der Waals surface area contributed by atoms with Crippen LogP contribution < -0.4 is 9.47 Å². The molecule has 0 saturated heterocycles. The average Bonchev–Trinajstić information content (AvgIpc) is 2.68. The smallest absolute Gasteiger partial charge is 0.333 e. The summed E-state index contributed by atoms with van der Waals surface area (Å²) in [4.78, 5) is 24.0. The maximum Gasteiger partial charge on any atom is 0.333 e. The van der Waals surface area contributed by atoms with Crippen LogP contribution in [0.1, 0.15) is 12.5 Å². The number of hydrogen-bond acceptors (Lipinski definition) is 5. The van der Waals surface area contributed by atoms with Crippen molar-refractivity contribution in [2.24, 2.45) is 0 Å². The molecule has 5 nitrogen and oxygen atoms in total. The van der Waals surface area contributed by atoms with Crippen molar-refractivity contribution >= 4 is 11.9 Å². The lowest BCUT2D eigenvalue weighted by Crippen LogP contribution is -2.40. The van der Waals surface area contributed by atoms with E-state index in [-0.39, 0.29) is 6.61 Å². The first-order chi connectivity index (χ1) is 9.03. The summed E-state index contributed by atoms with van der Waals surface area (Å²) >= 11 is 0. The van der Waals surface area contributed by atoms with E-state index in [4.69, 9.17) is 14.2 Å². The monoisotopic (exact) mass is 262 g/mol. The first-order valence-electron chi connectivity index (χ1n) is 5.73. The van der Waals surface area contributed by atoms with Gasteiger partial charge in [-0.15, -0.1) is 0 Å². The van der Waals surface area contributed by atoms with E-state index >= 15 is 0 Å². The number of carbonyl (C=O) groups is 2. The summed E-state index contributed by atoms with van der Waals surface area (Å²) in [6.45, 7) is 4.99. The third kappa shape index (κ3) is 1.97. The zero-order chi connectivity index (χ0) is 14.0. The quantitative estimate of drug-likeness (QED) is 0.357. The highest BCUT2D eigenvalue weighted by Crippen LogP contribution is 2.42. The van der Waals surface area contributed by atoms with Gasteiger partial charge in [-0.05, 0) is 19.1 Å². The summed E-state index contributed by atoms with van der Waals surface area (Å²) in [5.74, 6) is -0.427. The SMILES string of the molecule is C=CCOC(=O)[C@@]1(C)C(=O)Oc2cc(OC)ccc21. The molecule has 1 aromatic rings. The number of hydrogen-bond donors (Lipinski definition) is 0. The van der Waals surface area contributed by atoms with Gasteiger partial charge in [-0.2, -0.15) is 0 Å². The molecule has 19 heavy (non-hydrogen) atoms. The van der Waals surface area contributed by atoms with Crippen molar-refractivity contribution in [3.63, 3.8) is 0 Å². The van der Waals surface area contributed by atoms with Crippen molar-refractivity contribution in [1.82, 2.24) is 0 Å². The summed E-state index contributed by atoms with van der Waals surface area (Å²) < 4.78 is 15.1. The number of fused-ring (bicyclic) bond motifs is 1. The minimum Gasteiger partial charge on any atom is -0.497 e. The zero-order valence-electron chi connectivity index (χ0n) is 10.8. The number of benzene rings is 1. The summed E-state index contributed by atoms with van der Waals surface area (Å²) in [5.41, 5.74) is -0.961. The van der Waals surface area contributed by atoms with Gasteiger partial charge in [0.15, 0.2) is 5.41 Å². The fourth-order valence-corrected chi connectivity index (χ4v) is 1.91. The molecular weight excluding hydrogens is 248 g/mol. The van der Waals surface area contributed by atoms with Crippen molar-refractivity contribution in [3.05, 3.63) is 36.4 Å². The van der Waals surface area contributed by atoms with Crippen LogP contribution in [-0.2, 0) is 19.7 Å². The normalized spacial score (nSPS) is 20.4. The lowest BCUT2D eigenvalue weighted by molar-refractivity contribution is -0.156. The zero-order valence-corrected chi connectivity index (χ0v) is 10.8. The highest BCUT2D eigenvalue weighted by molar-refractivity contribution is 6.09. The Hall–Kier alpha value is -2.30. The minimum absolute atomic E-state index is 0.0488. The molecule has 100 valence electrons. The third-order valence-electron chi connectivity index (χ3n) is 3.08. The molecule has 0 radical (unpaired) electrons. The predicted octanol–water partition coefficient (Wildman–Crippen LogP) is 1.60. The fraction of sp³-hybridized carbons (Fsp3) is 0.286. The highest BCUT2D eigenvalue weighted by Gasteiger charge is 2.52. The summed E-state index contributed by atoms with van der Waals surface area (Å²) in [6, 6.07) is 4.87. The van der Waals surface area contributed by atoms with E-state index in [1.807, 2.05) is 0 Å². The van der Waals surface area contributed by atoms with Crippen molar-refractivity contribution in [3.8, 4) is 11.5 Å². The number of ether oxygens (including phenoxy) is 3. The Kier molecular flexibility index (Phi) is 3.29. The Morgan fingerprint density at radius 2 is 2.26 bits per heavy atom. The minimum atomic E-state index is -1.44. The molecule has 0 aromatic heterocycles. The van der Waals surface area contributed by atoms with Crippen molar-refractivity contribution in [1.29, 1.82) is 0 Å². The first-order valence-corrected chi connectivity index (χ1v) is 5.73. The fourth-order valence-electron chi connectivity index (χ4n) is 1.91. The average molecular weight is 262 g/mol. The van der Waals surface area contributed by atoms with E-state index in [2.05, 4.69) is 6.58 Å². The maximum absolute atomic E-state index is 12.1. The second-order valence-corrected chi connectivity index (χ2v) is 4.26. The lowest BCUT2D eigenvalue weighted by atomic mass is 9.84. The molecule has 0 aliphatic carbocycles. The van der Waals surface area contributed by atoms with E-state index in [1.165, 1.54) is 20.1 Å². The molecule has 0 bridgehead atoms. The molecule has 5 heteroatoms. The van der Waals surface area contributed by atoms with Gasteiger partial charge in [0.1, 0.15) is 18.1 Å². The van der Waals surface area contributed by atoms with E-state index in [9.17, 15) is 9.59 Å². The molecule has 1 atom stereocenters. The summed E-state index contributed by atoms with van der Waals surface area (Å²) in [5, 5.41) is 0. The van der Waals surface area contributed by atoms with Crippen LogP contribution in [0.15, 0.2) is 30.9 Å². The second-order valence-electron chi connectivity index (χ2n) is 4.26. The van der Waals surface area contributed by atoms with Crippen molar-refractivity contribution in [2.75, 3.05) is 13.7 Å². The van der Waals surface area contributed by atoms with Crippen LogP contribution in [0.4, 0.5) is 0 Å². The number of esters is 2. The van der Waals surface area contributed by atoms with Crippen LogP contribution in [-0.4, -0.2) is 25.7 Å². The van der Waals surface area contributed by atoms with E-state index in [0.717, 1.165) is 0 Å². The van der Waals surface area contributed by atoms with Gasteiger partial charge >= 0.3 is 11.9 Å². The molecule has 0 amide bonds. The van der Waals surface area contributed by atoms with Gasteiger partial charge in [-0.1, -0.05) is 12.7 Å². The highest BCUT2D eigenvalue weighted by atomic mass is 16.6. The third-order valence-corrected chi connectivity index (χ3v) is 3.08. The van der Waals surface area contributed by atoms with Crippen LogP contribution >= 0.6 is 0 Å². The van der Waals surface area contributed by atoms with E-state index in [1.54, 1.807) is 18.2 Å². The molecule has 1 aliphatic rings. The molecule has 0 unspecified atom stereocenters. The summed E-state index contributed by atoms with van der Waals surface area (Å²) in [6.07, 6.45) is 1.44. The molecule has 0 saturated carbocycles. The molecule has 1 heterocycles. The van der Waals surface area contributed by atoms with Crippen LogP contribution in [0.25, 0.3) is 0 Å². The topological polar surface area (TPSA) is 61.8 Å². The van der Waals surface area contributed by atoms with Crippen LogP contribution in [0.2, 0.25) is 0 Å². The molecular formula is C14H14O5. The Bertz CT molecular complexity index is 549. The van der Waals surface area contributed by atoms with Gasteiger partial charge in [-0.25, -0.2) is 0 Å². The molecule has 2 rings (SSSR count). The maximum atomic E-state index is 12.1. The molecule has 0 N–H and O–H groups in total. The lowest BCUT2D eigenvalue weighted by Gasteiger charge is -2.18. The Morgan fingerprint density at radius 1 is 1.53 bits per heavy atom. The van der Waals surface area contributed by atoms with Gasteiger partial charge < -0.3 is 14.2 Å². The van der Waals surface area contributed by atoms with E-state index in [0.29, 0.717) is 17.1 Å². The number of rotatable bonds is 4.